The smallest absolute Gasteiger partial charge is 0.257 e. The van der Waals surface area contributed by atoms with Crippen molar-refractivity contribution in [3.05, 3.63) is 29.7 Å². The third-order valence-corrected chi connectivity index (χ3v) is 5.24. The van der Waals surface area contributed by atoms with Crippen LogP contribution < -0.4 is 10.1 Å². The Morgan fingerprint density at radius 3 is 2.81 bits per heavy atom. The van der Waals surface area contributed by atoms with E-state index in [1.165, 1.54) is 0 Å². The molecule has 0 spiro atoms. The zero-order valence-electron chi connectivity index (χ0n) is 16.5. The highest BCUT2D eigenvalue weighted by Gasteiger charge is 2.26. The Kier molecular flexibility index (Phi) is 5.93. The lowest BCUT2D eigenvalue weighted by atomic mass is 10.0. The molecular formula is C19H28N6O2. The first-order chi connectivity index (χ1) is 13.0. The number of nitrogens with zero attached hydrogens (tertiary/aromatic N) is 5. The van der Waals surface area contributed by atoms with Gasteiger partial charge in [-0.15, -0.1) is 0 Å². The van der Waals surface area contributed by atoms with E-state index >= 15 is 0 Å². The number of amides is 1. The van der Waals surface area contributed by atoms with Gasteiger partial charge in [0.25, 0.3) is 5.91 Å². The molecule has 1 fully saturated rings. The second kappa shape index (κ2) is 8.37. The molecule has 1 aliphatic heterocycles. The molecule has 0 saturated carbocycles. The maximum Gasteiger partial charge on any atom is 0.257 e. The van der Waals surface area contributed by atoms with Crippen molar-refractivity contribution in [1.82, 2.24) is 24.6 Å². The van der Waals surface area contributed by atoms with E-state index in [2.05, 4.69) is 34.2 Å². The van der Waals surface area contributed by atoms with Crippen molar-refractivity contribution in [2.45, 2.75) is 52.1 Å². The first-order valence-corrected chi connectivity index (χ1v) is 9.50. The second-order valence-corrected chi connectivity index (χ2v) is 6.98. The van der Waals surface area contributed by atoms with E-state index < -0.39 is 0 Å². The van der Waals surface area contributed by atoms with Crippen molar-refractivity contribution in [2.24, 2.45) is 0 Å². The summed E-state index contributed by atoms with van der Waals surface area (Å²) in [4.78, 5) is 23.3. The summed E-state index contributed by atoms with van der Waals surface area (Å²) in [6.07, 6.45) is 6.07. The van der Waals surface area contributed by atoms with Crippen molar-refractivity contribution in [3.63, 3.8) is 0 Å². The molecule has 0 bridgehead atoms. The quantitative estimate of drug-likeness (QED) is 0.839. The molecule has 8 nitrogen and oxygen atoms in total. The largest absolute Gasteiger partial charge is 0.481 e. The number of anilines is 1. The van der Waals surface area contributed by atoms with Crippen LogP contribution in [0.3, 0.4) is 0 Å². The molecule has 1 atom stereocenters. The van der Waals surface area contributed by atoms with Crippen molar-refractivity contribution >= 4 is 11.9 Å². The van der Waals surface area contributed by atoms with Crippen LogP contribution >= 0.6 is 0 Å². The standard InChI is InChI=1S/C19H28N6O2/c1-5-13(2)25-14(3)16(12-21-25)18(26)24-10-7-15(8-11-24)22-19-20-9-6-17(23-19)27-4/h6,9,12-13,15H,5,7-8,10-11H2,1-4H3,(H,20,22,23). The summed E-state index contributed by atoms with van der Waals surface area (Å²) in [5.74, 6) is 1.16. The first kappa shape index (κ1) is 19.1. The van der Waals surface area contributed by atoms with Crippen LogP contribution in [0.15, 0.2) is 18.5 Å². The SMILES string of the molecule is CCC(C)n1ncc(C(=O)N2CCC(Nc3nccc(OC)n3)CC2)c1C. The summed E-state index contributed by atoms with van der Waals surface area (Å²) in [5, 5.41) is 7.75. The number of piperidine rings is 1. The van der Waals surface area contributed by atoms with Crippen LogP contribution in [0.1, 0.15) is 55.2 Å². The number of ether oxygens (including phenoxy) is 1. The molecule has 2 aromatic rings. The van der Waals surface area contributed by atoms with Crippen LogP contribution in [-0.2, 0) is 0 Å². The highest BCUT2D eigenvalue weighted by Crippen LogP contribution is 2.21. The summed E-state index contributed by atoms with van der Waals surface area (Å²) in [7, 11) is 1.58. The molecule has 1 saturated heterocycles. The number of carbonyl (C=O) groups excluding carboxylic acids is 1. The van der Waals surface area contributed by atoms with Crippen molar-refractivity contribution < 1.29 is 9.53 Å². The maximum absolute atomic E-state index is 12.9. The molecular weight excluding hydrogens is 344 g/mol. The number of nitrogens with one attached hydrogen (secondary N) is 1. The topological polar surface area (TPSA) is 85.2 Å². The number of likely N-dealkylation sites (tertiary alicyclic amines) is 1. The summed E-state index contributed by atoms with van der Waals surface area (Å²) < 4.78 is 7.07. The predicted octanol–water partition coefficient (Wildman–Crippen LogP) is 2.68. The average molecular weight is 372 g/mol. The zero-order chi connectivity index (χ0) is 19.4. The van der Waals surface area contributed by atoms with Gasteiger partial charge in [0, 0.05) is 43.1 Å². The number of rotatable bonds is 6. The summed E-state index contributed by atoms with van der Waals surface area (Å²) in [6, 6.07) is 2.25. The number of hydrogen-bond donors (Lipinski definition) is 1. The molecule has 3 heterocycles. The molecule has 1 unspecified atom stereocenters. The summed E-state index contributed by atoms with van der Waals surface area (Å²) >= 11 is 0. The Morgan fingerprint density at radius 1 is 1.41 bits per heavy atom. The van der Waals surface area contributed by atoms with Crippen molar-refractivity contribution in [2.75, 3.05) is 25.5 Å². The predicted molar refractivity (Wildman–Crippen MR) is 103 cm³/mol. The Balaban J connectivity index is 1.59. The maximum atomic E-state index is 12.9. The molecule has 146 valence electrons. The normalized spacial score (nSPS) is 16.2. The molecule has 27 heavy (non-hydrogen) atoms. The minimum absolute atomic E-state index is 0.0677. The van der Waals surface area contributed by atoms with E-state index in [0.717, 1.165) is 25.0 Å². The van der Waals surface area contributed by atoms with Crippen LogP contribution in [0.5, 0.6) is 5.88 Å². The Bertz CT molecular complexity index is 782. The molecule has 0 aromatic carbocycles. The molecule has 3 rings (SSSR count). The number of hydrogen-bond acceptors (Lipinski definition) is 6. The fourth-order valence-corrected chi connectivity index (χ4v) is 3.36. The molecule has 2 aromatic heterocycles. The van der Waals surface area contributed by atoms with Gasteiger partial charge in [-0.05, 0) is 33.1 Å². The Morgan fingerprint density at radius 2 is 2.15 bits per heavy atom. The number of carbonyl (C=O) groups is 1. The average Bonchev–Trinajstić information content (AvgIpc) is 3.09. The van der Waals surface area contributed by atoms with Gasteiger partial charge in [0.15, 0.2) is 0 Å². The van der Waals surface area contributed by atoms with Gasteiger partial charge in [0.2, 0.25) is 11.8 Å². The van der Waals surface area contributed by atoms with E-state index in [-0.39, 0.29) is 11.9 Å². The van der Waals surface area contributed by atoms with E-state index in [0.29, 0.717) is 36.5 Å². The summed E-state index contributed by atoms with van der Waals surface area (Å²) in [6.45, 7) is 7.62. The molecule has 1 aliphatic rings. The number of methoxy groups -OCH3 is 1. The Labute approximate surface area is 159 Å². The lowest BCUT2D eigenvalue weighted by Gasteiger charge is -2.32. The zero-order valence-corrected chi connectivity index (χ0v) is 16.5. The summed E-state index contributed by atoms with van der Waals surface area (Å²) in [5.41, 5.74) is 1.65. The lowest BCUT2D eigenvalue weighted by molar-refractivity contribution is 0.0717. The van der Waals surface area contributed by atoms with Crippen molar-refractivity contribution in [1.29, 1.82) is 0 Å². The number of aromatic nitrogens is 4. The Hall–Kier alpha value is -2.64. The van der Waals surface area contributed by atoms with Gasteiger partial charge in [-0.3, -0.25) is 9.48 Å². The molecule has 1 N–H and O–H groups in total. The van der Waals surface area contributed by atoms with Crippen LogP contribution in [0.2, 0.25) is 0 Å². The third-order valence-electron chi connectivity index (χ3n) is 5.24. The minimum atomic E-state index is 0.0677. The van der Waals surface area contributed by atoms with Crippen LogP contribution in [-0.4, -0.2) is 56.8 Å². The van der Waals surface area contributed by atoms with Gasteiger partial charge in [-0.25, -0.2) is 4.98 Å². The van der Waals surface area contributed by atoms with Gasteiger partial charge >= 0.3 is 0 Å². The van der Waals surface area contributed by atoms with E-state index in [1.807, 2.05) is 16.5 Å². The fourth-order valence-electron chi connectivity index (χ4n) is 3.36. The van der Waals surface area contributed by atoms with Gasteiger partial charge in [-0.1, -0.05) is 6.92 Å². The van der Waals surface area contributed by atoms with Gasteiger partial charge < -0.3 is 15.0 Å². The highest BCUT2D eigenvalue weighted by atomic mass is 16.5. The lowest BCUT2D eigenvalue weighted by Crippen LogP contribution is -2.42. The minimum Gasteiger partial charge on any atom is -0.481 e. The van der Waals surface area contributed by atoms with Gasteiger partial charge in [0.1, 0.15) is 0 Å². The van der Waals surface area contributed by atoms with Gasteiger partial charge in [0.05, 0.1) is 18.9 Å². The first-order valence-electron chi connectivity index (χ1n) is 9.50. The van der Waals surface area contributed by atoms with E-state index in [9.17, 15) is 4.79 Å². The second-order valence-electron chi connectivity index (χ2n) is 6.98. The van der Waals surface area contributed by atoms with Gasteiger partial charge in [-0.2, -0.15) is 10.1 Å². The molecule has 8 heteroatoms. The molecule has 0 radical (unpaired) electrons. The molecule has 1 amide bonds. The monoisotopic (exact) mass is 372 g/mol. The van der Waals surface area contributed by atoms with Crippen LogP contribution in [0.25, 0.3) is 0 Å². The molecule has 0 aliphatic carbocycles. The van der Waals surface area contributed by atoms with E-state index in [1.54, 1.807) is 25.6 Å². The van der Waals surface area contributed by atoms with Crippen LogP contribution in [0.4, 0.5) is 5.95 Å². The van der Waals surface area contributed by atoms with E-state index in [4.69, 9.17) is 4.74 Å². The van der Waals surface area contributed by atoms with Crippen molar-refractivity contribution in [3.8, 4) is 5.88 Å². The highest BCUT2D eigenvalue weighted by molar-refractivity contribution is 5.95. The third kappa shape index (κ3) is 4.20. The van der Waals surface area contributed by atoms with Crippen LogP contribution in [0, 0.1) is 6.92 Å². The fraction of sp³-hybridized carbons (Fsp3) is 0.579.